The van der Waals surface area contributed by atoms with Gasteiger partial charge in [0.1, 0.15) is 17.8 Å². The summed E-state index contributed by atoms with van der Waals surface area (Å²) in [5.41, 5.74) is 0.976. The Morgan fingerprint density at radius 1 is 0.933 bits per heavy atom. The van der Waals surface area contributed by atoms with Crippen LogP contribution in [0.4, 0.5) is 0 Å². The van der Waals surface area contributed by atoms with E-state index in [4.69, 9.17) is 18.9 Å². The van der Waals surface area contributed by atoms with E-state index in [1.165, 1.54) is 5.31 Å². The first-order chi connectivity index (χ1) is 14.6. The lowest BCUT2D eigenvalue weighted by molar-refractivity contribution is 0.417. The van der Waals surface area contributed by atoms with Crippen molar-refractivity contribution in [2.75, 3.05) is 14.2 Å². The van der Waals surface area contributed by atoms with Crippen LogP contribution in [-0.4, -0.2) is 19.2 Å². The van der Waals surface area contributed by atoms with Gasteiger partial charge in [0.15, 0.2) is 0 Å². The van der Waals surface area contributed by atoms with E-state index in [0.717, 1.165) is 33.7 Å². The first-order valence-electron chi connectivity index (χ1n) is 10.0. The third kappa shape index (κ3) is 3.80. The lowest BCUT2D eigenvalue weighted by Crippen LogP contribution is -2.18. The van der Waals surface area contributed by atoms with E-state index >= 15 is 0 Å². The minimum Gasteiger partial charge on any atom is -0.496 e. The van der Waals surface area contributed by atoms with Crippen LogP contribution in [0.1, 0.15) is 37.3 Å². The number of ether oxygens (including phenoxy) is 2. The summed E-state index contributed by atoms with van der Waals surface area (Å²) in [5.74, 6) is 2.78. The number of benzene rings is 2. The molecule has 0 aliphatic heterocycles. The second-order valence-corrected chi connectivity index (χ2v) is 9.55. The topological polar surface area (TPSA) is 44.5 Å². The largest absolute Gasteiger partial charge is 0.496 e. The van der Waals surface area contributed by atoms with Gasteiger partial charge in [-0.05, 0) is 31.3 Å². The standard InChI is InChI=1S/C25H26NO3P/c1-17(2)19-16-29-25(26-19)18-10-9-15-22(18)30(23-13-7-5-11-20(23)27-3)24-14-8-6-12-21(24)28-4/h5-18H,1-4H3/t18-/m1/s1. The van der Waals surface area contributed by atoms with Crippen molar-refractivity contribution in [3.8, 4) is 11.5 Å². The third-order valence-corrected chi connectivity index (χ3v) is 7.84. The van der Waals surface area contributed by atoms with Crippen LogP contribution < -0.4 is 20.1 Å². The molecule has 2 aromatic carbocycles. The zero-order chi connectivity index (χ0) is 21.1. The number of hydrogen-bond donors (Lipinski definition) is 0. The molecule has 1 aromatic heterocycles. The predicted octanol–water partition coefficient (Wildman–Crippen LogP) is 5.49. The van der Waals surface area contributed by atoms with Crippen LogP contribution in [0.25, 0.3) is 0 Å². The van der Waals surface area contributed by atoms with Gasteiger partial charge in [-0.1, -0.05) is 68.5 Å². The van der Waals surface area contributed by atoms with Gasteiger partial charge in [-0.25, -0.2) is 4.98 Å². The quantitative estimate of drug-likeness (QED) is 0.476. The normalized spacial score (nSPS) is 15.7. The number of aromatic nitrogens is 1. The van der Waals surface area contributed by atoms with Crippen LogP contribution in [0.3, 0.4) is 0 Å². The van der Waals surface area contributed by atoms with Crippen molar-refractivity contribution in [2.24, 2.45) is 0 Å². The van der Waals surface area contributed by atoms with Crippen molar-refractivity contribution in [3.63, 3.8) is 0 Å². The van der Waals surface area contributed by atoms with Crippen molar-refractivity contribution in [2.45, 2.75) is 25.7 Å². The fraction of sp³-hybridized carbons (Fsp3) is 0.240. The number of rotatable bonds is 7. The third-order valence-electron chi connectivity index (χ3n) is 5.20. The van der Waals surface area contributed by atoms with Gasteiger partial charge in [-0.15, -0.1) is 0 Å². The van der Waals surface area contributed by atoms with Crippen molar-refractivity contribution >= 4 is 18.5 Å². The van der Waals surface area contributed by atoms with Crippen LogP contribution in [0.15, 0.2) is 82.8 Å². The molecule has 4 rings (SSSR count). The minimum atomic E-state index is -0.926. The number of allylic oxidation sites excluding steroid dienone is 4. The van der Waals surface area contributed by atoms with Gasteiger partial charge >= 0.3 is 0 Å². The summed E-state index contributed by atoms with van der Waals surface area (Å²) in [5, 5.41) is 3.54. The first-order valence-corrected chi connectivity index (χ1v) is 11.4. The summed E-state index contributed by atoms with van der Waals surface area (Å²) in [6, 6.07) is 16.4. The van der Waals surface area contributed by atoms with Gasteiger partial charge in [0.2, 0.25) is 5.89 Å². The molecule has 0 radical (unpaired) electrons. The zero-order valence-electron chi connectivity index (χ0n) is 17.7. The molecule has 0 saturated carbocycles. The Morgan fingerprint density at radius 3 is 2.07 bits per heavy atom. The summed E-state index contributed by atoms with van der Waals surface area (Å²) < 4.78 is 17.4. The Bertz CT molecular complexity index is 1040. The number of nitrogens with zero attached hydrogens (tertiary/aromatic N) is 1. The molecule has 154 valence electrons. The highest BCUT2D eigenvalue weighted by Gasteiger charge is 2.33. The molecule has 0 saturated heterocycles. The summed E-state index contributed by atoms with van der Waals surface area (Å²) in [6.07, 6.45) is 8.22. The summed E-state index contributed by atoms with van der Waals surface area (Å²) >= 11 is 0. The molecule has 30 heavy (non-hydrogen) atoms. The second-order valence-electron chi connectivity index (χ2n) is 7.40. The van der Waals surface area contributed by atoms with Gasteiger partial charge in [-0.2, -0.15) is 0 Å². The van der Waals surface area contributed by atoms with Crippen molar-refractivity contribution in [3.05, 3.63) is 89.9 Å². The lowest BCUT2D eigenvalue weighted by Gasteiger charge is -2.26. The molecule has 0 N–H and O–H groups in total. The Kier molecular flexibility index (Phi) is 6.06. The van der Waals surface area contributed by atoms with E-state index < -0.39 is 7.92 Å². The maximum atomic E-state index is 5.92. The van der Waals surface area contributed by atoms with Gasteiger partial charge in [0.25, 0.3) is 0 Å². The van der Waals surface area contributed by atoms with Gasteiger partial charge in [0, 0.05) is 10.6 Å². The number of hydrogen-bond acceptors (Lipinski definition) is 4. The Hall–Kier alpha value is -2.84. The van der Waals surface area contributed by atoms with E-state index in [2.05, 4.69) is 56.3 Å². The van der Waals surface area contributed by atoms with E-state index in [1.54, 1.807) is 20.5 Å². The fourth-order valence-corrected chi connectivity index (χ4v) is 6.40. The van der Waals surface area contributed by atoms with Gasteiger partial charge < -0.3 is 13.9 Å². The first kappa shape index (κ1) is 20.4. The Morgan fingerprint density at radius 2 is 1.53 bits per heavy atom. The van der Waals surface area contributed by atoms with Crippen LogP contribution in [0.2, 0.25) is 0 Å². The maximum Gasteiger partial charge on any atom is 0.205 e. The van der Waals surface area contributed by atoms with E-state index in [0.29, 0.717) is 5.92 Å². The van der Waals surface area contributed by atoms with Crippen molar-refractivity contribution in [1.82, 2.24) is 4.98 Å². The second kappa shape index (κ2) is 8.89. The maximum absolute atomic E-state index is 5.92. The molecule has 5 heteroatoms. The van der Waals surface area contributed by atoms with E-state index in [9.17, 15) is 0 Å². The zero-order valence-corrected chi connectivity index (χ0v) is 18.6. The van der Waals surface area contributed by atoms with E-state index in [-0.39, 0.29) is 5.92 Å². The fourth-order valence-electron chi connectivity index (χ4n) is 3.64. The van der Waals surface area contributed by atoms with Crippen molar-refractivity contribution in [1.29, 1.82) is 0 Å². The Labute approximate surface area is 179 Å². The lowest BCUT2D eigenvalue weighted by atomic mass is 10.1. The average molecular weight is 419 g/mol. The molecule has 0 fully saturated rings. The number of methoxy groups -OCH3 is 2. The molecular formula is C25H26NO3P. The molecular weight excluding hydrogens is 393 g/mol. The van der Waals surface area contributed by atoms with Crippen molar-refractivity contribution < 1.29 is 13.9 Å². The highest BCUT2D eigenvalue weighted by molar-refractivity contribution is 7.77. The highest BCUT2D eigenvalue weighted by atomic mass is 31.1. The SMILES string of the molecule is COc1ccccc1P(C1=CC=C[C@H]1c1nc(C(C)C)co1)c1ccccc1OC. The van der Waals surface area contributed by atoms with E-state index in [1.807, 2.05) is 24.3 Å². The molecule has 0 bridgehead atoms. The smallest absolute Gasteiger partial charge is 0.205 e. The predicted molar refractivity (Wildman–Crippen MR) is 123 cm³/mol. The molecule has 0 spiro atoms. The average Bonchev–Trinajstić information content (AvgIpc) is 3.44. The molecule has 1 aliphatic carbocycles. The van der Waals surface area contributed by atoms with Crippen LogP contribution in [0.5, 0.6) is 11.5 Å². The van der Waals surface area contributed by atoms with Crippen LogP contribution >= 0.6 is 7.92 Å². The summed E-state index contributed by atoms with van der Waals surface area (Å²) in [6.45, 7) is 4.25. The Balaban J connectivity index is 1.85. The van der Waals surface area contributed by atoms with Gasteiger partial charge in [0.05, 0.1) is 25.8 Å². The summed E-state index contributed by atoms with van der Waals surface area (Å²) in [7, 11) is 2.51. The minimum absolute atomic E-state index is 0.0153. The number of para-hydroxylation sites is 2. The molecule has 1 aliphatic rings. The van der Waals surface area contributed by atoms with Crippen LogP contribution in [-0.2, 0) is 0 Å². The molecule has 0 amide bonds. The monoisotopic (exact) mass is 419 g/mol. The van der Waals surface area contributed by atoms with Crippen LogP contribution in [0, 0.1) is 0 Å². The summed E-state index contributed by atoms with van der Waals surface area (Å²) in [4.78, 5) is 4.79. The molecule has 0 unspecified atom stereocenters. The number of oxazole rings is 1. The molecule has 4 nitrogen and oxygen atoms in total. The molecule has 3 aromatic rings. The molecule has 1 atom stereocenters. The highest BCUT2D eigenvalue weighted by Crippen LogP contribution is 2.54. The molecule has 1 heterocycles. The van der Waals surface area contributed by atoms with Gasteiger partial charge in [-0.3, -0.25) is 0 Å².